The third-order valence-electron chi connectivity index (χ3n) is 4.92. The van der Waals surface area contributed by atoms with Crippen LogP contribution in [0.2, 0.25) is 0 Å². The number of carbonyl (C=O) groups excluding carboxylic acids is 1. The molecule has 1 amide bonds. The van der Waals surface area contributed by atoms with Crippen LogP contribution >= 0.6 is 0 Å². The molecule has 0 aromatic carbocycles. The van der Waals surface area contributed by atoms with Crippen LogP contribution in [0.5, 0.6) is 0 Å². The Hall–Kier alpha value is -1.50. The van der Waals surface area contributed by atoms with Crippen molar-refractivity contribution in [3.63, 3.8) is 0 Å². The predicted octanol–water partition coefficient (Wildman–Crippen LogP) is 2.38. The van der Waals surface area contributed by atoms with E-state index in [1.165, 1.54) is 38.6 Å². The molecule has 7 heteroatoms. The summed E-state index contributed by atoms with van der Waals surface area (Å²) < 4.78 is 5.50. The highest BCUT2D eigenvalue weighted by atomic mass is 16.6. The molecular formula is C20H39N5O2. The van der Waals surface area contributed by atoms with Crippen molar-refractivity contribution in [3.8, 4) is 0 Å². The van der Waals surface area contributed by atoms with Crippen molar-refractivity contribution >= 4 is 12.1 Å². The molecule has 1 saturated heterocycles. The molecular weight excluding hydrogens is 342 g/mol. The van der Waals surface area contributed by atoms with E-state index in [1.807, 2.05) is 25.7 Å². The van der Waals surface area contributed by atoms with E-state index in [1.54, 1.807) is 0 Å². The first kappa shape index (κ1) is 21.8. The van der Waals surface area contributed by atoms with Gasteiger partial charge in [0.2, 0.25) is 0 Å². The van der Waals surface area contributed by atoms with Gasteiger partial charge in [-0.15, -0.1) is 0 Å². The second kappa shape index (κ2) is 10.2. The lowest BCUT2D eigenvalue weighted by Gasteiger charge is -2.39. The summed E-state index contributed by atoms with van der Waals surface area (Å²) in [5, 5.41) is 3.51. The van der Waals surface area contributed by atoms with Gasteiger partial charge in [-0.05, 0) is 54.3 Å². The lowest BCUT2D eigenvalue weighted by molar-refractivity contribution is 0.0137. The molecule has 0 aromatic heterocycles. The minimum atomic E-state index is -0.445. The van der Waals surface area contributed by atoms with E-state index < -0.39 is 5.60 Å². The maximum Gasteiger partial charge on any atom is 0.410 e. The van der Waals surface area contributed by atoms with Gasteiger partial charge >= 0.3 is 6.09 Å². The third-order valence-corrected chi connectivity index (χ3v) is 4.92. The van der Waals surface area contributed by atoms with Crippen molar-refractivity contribution in [2.24, 2.45) is 4.99 Å². The molecule has 27 heavy (non-hydrogen) atoms. The fraction of sp³-hybridized carbons (Fsp3) is 0.900. The Labute approximate surface area is 165 Å². The summed E-state index contributed by atoms with van der Waals surface area (Å²) in [4.78, 5) is 23.3. The first-order valence-electron chi connectivity index (χ1n) is 10.4. The Morgan fingerprint density at radius 3 is 2.59 bits per heavy atom. The average molecular weight is 382 g/mol. The van der Waals surface area contributed by atoms with Crippen LogP contribution in [0.3, 0.4) is 0 Å². The van der Waals surface area contributed by atoms with Gasteiger partial charge in [0, 0.05) is 26.2 Å². The number of rotatable bonds is 8. The van der Waals surface area contributed by atoms with Gasteiger partial charge in [-0.25, -0.2) is 4.79 Å². The SMILES string of the molecule is CN(C)CCCCCCCNC1=NCC2CN(C(=O)OC(C)(C)C)CCN12. The van der Waals surface area contributed by atoms with E-state index in [0.717, 1.165) is 25.6 Å². The first-order valence-corrected chi connectivity index (χ1v) is 10.4. The van der Waals surface area contributed by atoms with Crippen molar-refractivity contribution in [2.45, 2.75) is 64.5 Å². The Morgan fingerprint density at radius 1 is 1.19 bits per heavy atom. The van der Waals surface area contributed by atoms with Gasteiger partial charge in [0.15, 0.2) is 5.96 Å². The molecule has 0 spiro atoms. The quantitative estimate of drug-likeness (QED) is 0.654. The number of amides is 1. The molecule has 1 unspecified atom stereocenters. The molecule has 1 atom stereocenters. The summed E-state index contributed by atoms with van der Waals surface area (Å²) in [6.07, 6.45) is 6.15. The van der Waals surface area contributed by atoms with Crippen LogP contribution in [-0.2, 0) is 4.74 Å². The summed E-state index contributed by atoms with van der Waals surface area (Å²) in [6.45, 7) is 10.8. The largest absolute Gasteiger partial charge is 0.444 e. The molecule has 0 aromatic rings. The highest BCUT2D eigenvalue weighted by Gasteiger charge is 2.36. The summed E-state index contributed by atoms with van der Waals surface area (Å²) in [5.41, 5.74) is -0.445. The molecule has 0 aliphatic carbocycles. The molecule has 1 N–H and O–H groups in total. The summed E-state index contributed by atoms with van der Waals surface area (Å²) in [5.74, 6) is 1.01. The number of ether oxygens (including phenoxy) is 1. The minimum Gasteiger partial charge on any atom is -0.444 e. The number of piperazine rings is 1. The van der Waals surface area contributed by atoms with Crippen molar-refractivity contribution in [1.29, 1.82) is 0 Å². The summed E-state index contributed by atoms with van der Waals surface area (Å²) in [6, 6.07) is 0.278. The van der Waals surface area contributed by atoms with E-state index in [0.29, 0.717) is 13.1 Å². The highest BCUT2D eigenvalue weighted by molar-refractivity contribution is 5.82. The molecule has 0 bridgehead atoms. The number of hydrogen-bond donors (Lipinski definition) is 1. The molecule has 7 nitrogen and oxygen atoms in total. The average Bonchev–Trinajstić information content (AvgIpc) is 2.97. The van der Waals surface area contributed by atoms with Crippen LogP contribution in [0.1, 0.15) is 52.9 Å². The normalized spacial score (nSPS) is 19.9. The number of hydrogen-bond acceptors (Lipinski definition) is 6. The lowest BCUT2D eigenvalue weighted by Crippen LogP contribution is -2.57. The van der Waals surface area contributed by atoms with E-state index in [4.69, 9.17) is 4.74 Å². The summed E-state index contributed by atoms with van der Waals surface area (Å²) >= 11 is 0. The maximum atomic E-state index is 12.3. The van der Waals surface area contributed by atoms with Crippen molar-refractivity contribution < 1.29 is 9.53 Å². The van der Waals surface area contributed by atoms with E-state index >= 15 is 0 Å². The van der Waals surface area contributed by atoms with E-state index in [9.17, 15) is 4.79 Å². The molecule has 0 saturated carbocycles. The number of guanidine groups is 1. The number of carbonyl (C=O) groups is 1. The number of nitrogens with zero attached hydrogens (tertiary/aromatic N) is 4. The maximum absolute atomic E-state index is 12.3. The standard InChI is InChI=1S/C20H39N5O2/c1-20(2,3)27-19(26)24-13-14-25-17(16-24)15-22-18(25)21-11-9-7-6-8-10-12-23(4)5/h17H,6-16H2,1-5H3,(H,21,22). The van der Waals surface area contributed by atoms with Gasteiger partial charge in [-0.3, -0.25) is 4.99 Å². The van der Waals surface area contributed by atoms with Gasteiger partial charge in [-0.1, -0.05) is 19.3 Å². The fourth-order valence-electron chi connectivity index (χ4n) is 3.51. The fourth-order valence-corrected chi connectivity index (χ4v) is 3.51. The number of fused-ring (bicyclic) bond motifs is 1. The Balaban J connectivity index is 1.61. The van der Waals surface area contributed by atoms with Crippen LogP contribution in [0.15, 0.2) is 4.99 Å². The second-order valence-electron chi connectivity index (χ2n) is 8.94. The van der Waals surface area contributed by atoms with Crippen LogP contribution in [0.25, 0.3) is 0 Å². The third kappa shape index (κ3) is 7.56. The Bertz CT molecular complexity index is 501. The number of aliphatic imine (C=N–C) groups is 1. The van der Waals surface area contributed by atoms with Crippen LogP contribution in [-0.4, -0.2) is 91.8 Å². The molecule has 156 valence electrons. The minimum absolute atomic E-state index is 0.210. The molecule has 0 radical (unpaired) electrons. The zero-order valence-corrected chi connectivity index (χ0v) is 18.0. The van der Waals surface area contributed by atoms with Gasteiger partial charge < -0.3 is 24.8 Å². The van der Waals surface area contributed by atoms with Crippen molar-refractivity contribution in [1.82, 2.24) is 20.0 Å². The van der Waals surface area contributed by atoms with Gasteiger partial charge in [0.05, 0.1) is 12.6 Å². The molecule has 2 aliphatic rings. The monoisotopic (exact) mass is 381 g/mol. The second-order valence-corrected chi connectivity index (χ2v) is 8.94. The predicted molar refractivity (Wildman–Crippen MR) is 110 cm³/mol. The van der Waals surface area contributed by atoms with Crippen molar-refractivity contribution in [3.05, 3.63) is 0 Å². The zero-order chi connectivity index (χ0) is 19.9. The number of nitrogens with one attached hydrogen (secondary N) is 1. The molecule has 1 fully saturated rings. The van der Waals surface area contributed by atoms with E-state index in [2.05, 4.69) is 34.2 Å². The van der Waals surface area contributed by atoms with Crippen LogP contribution < -0.4 is 5.32 Å². The summed E-state index contributed by atoms with van der Waals surface area (Å²) in [7, 11) is 4.26. The smallest absolute Gasteiger partial charge is 0.410 e. The van der Waals surface area contributed by atoms with Gasteiger partial charge in [0.25, 0.3) is 0 Å². The van der Waals surface area contributed by atoms with Gasteiger partial charge in [0.1, 0.15) is 5.60 Å². The Kier molecular flexibility index (Phi) is 8.20. The zero-order valence-electron chi connectivity index (χ0n) is 18.0. The van der Waals surface area contributed by atoms with Crippen molar-refractivity contribution in [2.75, 3.05) is 53.4 Å². The Morgan fingerprint density at radius 2 is 1.89 bits per heavy atom. The van der Waals surface area contributed by atoms with Crippen LogP contribution in [0.4, 0.5) is 4.79 Å². The number of unbranched alkanes of at least 4 members (excludes halogenated alkanes) is 4. The molecule has 2 heterocycles. The first-order chi connectivity index (χ1) is 12.8. The highest BCUT2D eigenvalue weighted by Crippen LogP contribution is 2.18. The molecule has 2 aliphatic heterocycles. The van der Waals surface area contributed by atoms with Crippen LogP contribution in [0, 0.1) is 0 Å². The van der Waals surface area contributed by atoms with E-state index in [-0.39, 0.29) is 12.1 Å². The lowest BCUT2D eigenvalue weighted by atomic mass is 10.1. The molecule has 2 rings (SSSR count). The van der Waals surface area contributed by atoms with Gasteiger partial charge in [-0.2, -0.15) is 0 Å². The topological polar surface area (TPSA) is 60.4 Å².